The maximum Gasteiger partial charge on any atom is 0.329 e. The van der Waals surface area contributed by atoms with Gasteiger partial charge < -0.3 is 179 Å². The van der Waals surface area contributed by atoms with Crippen molar-refractivity contribution in [2.45, 2.75) is 246 Å². The monoisotopic (exact) mass is 1950 g/mol. The number of nitrogens with two attached hydrogens (primary N) is 8. The molecule has 780 valence electrons. The Morgan fingerprint density at radius 3 is 0.883 bits per heavy atom. The van der Waals surface area contributed by atoms with Gasteiger partial charge in [0.2, 0.25) is 76.8 Å². The predicted molar refractivity (Wildman–Crippen MR) is 502 cm³/mol. The van der Waals surface area contributed by atoms with Crippen LogP contribution < -0.4 is 115 Å². The standard InChI is InChI=1S/C89H157N21O27/c1-55(2)43-72(107-79(121)65(97)17-11-12-30-90)88(130)110-78(56(3)4)89(131)109-74(45-58-15-9-6-10-16-58)87(129)108-73(44-57-13-7-5-8-14-57)86(128)106-71(29-23-64(116)51-96)85(127)105-68(26-20-61(113)48-93)82(124)100-32-35-133-38-41-136-53-76(118)101-69(27-21-62(114)49-94)83(125)103-66(24-18-59(111)46-91)80(122)98-31-34-132-37-40-135-52-75(117)102-70(28-22-63(115)50-95)84(126)104-67(25-19-60(112)47-92)81(123)99-33-36-134-39-42-137-54-77(119)120/h5-10,13-16,55-56,59-74,78,111-116H,11-12,17-54,90-97H2,1-4H3,(H,98,122)(H,99,123)(H,100,124)(H,101,118)(H,102,117)(H,103,125)(H,104,126)(H,105,127)(H,106,128)(H,107,121)(H,108,129)(H,109,131)(H,110,130)(H,119,120)/t59-,60-,61-,62-,63-,64-,65+,66+,67+,68+,69+,70+,71+,72+,73+,74+,78+/m1/s1. The number of aliphatic hydroxyl groups excluding tert-OH is 6. The van der Waals surface area contributed by atoms with Crippen molar-refractivity contribution in [3.8, 4) is 0 Å². The number of hydrogen-bond acceptors (Lipinski definition) is 34. The van der Waals surface area contributed by atoms with Gasteiger partial charge in [0.1, 0.15) is 80.2 Å². The highest BCUT2D eigenvalue weighted by Crippen LogP contribution is 2.17. The minimum Gasteiger partial charge on any atom is -0.480 e. The molecule has 0 bridgehead atoms. The molecular formula is C89H157N21O27. The van der Waals surface area contributed by atoms with Gasteiger partial charge in [0, 0.05) is 71.7 Å². The van der Waals surface area contributed by atoms with E-state index in [0.29, 0.717) is 36.9 Å². The largest absolute Gasteiger partial charge is 0.480 e. The summed E-state index contributed by atoms with van der Waals surface area (Å²) < 4.78 is 32.4. The Morgan fingerprint density at radius 2 is 0.577 bits per heavy atom. The summed E-state index contributed by atoms with van der Waals surface area (Å²) >= 11 is 0. The first-order chi connectivity index (χ1) is 65.4. The minimum atomic E-state index is -1.51. The molecule has 0 spiro atoms. The third kappa shape index (κ3) is 56.2. The van der Waals surface area contributed by atoms with Crippen LogP contribution in [-0.4, -0.2) is 366 Å². The topological polar surface area (TPSA) is 801 Å². The lowest BCUT2D eigenvalue weighted by atomic mass is 9.98. The van der Waals surface area contributed by atoms with E-state index in [2.05, 4.69) is 69.1 Å². The molecule has 0 radical (unpaired) electrons. The van der Waals surface area contributed by atoms with Crippen LogP contribution >= 0.6 is 0 Å². The molecule has 0 aliphatic rings. The third-order valence-corrected chi connectivity index (χ3v) is 21.4. The molecule has 0 aliphatic carbocycles. The fourth-order valence-corrected chi connectivity index (χ4v) is 13.4. The first kappa shape index (κ1) is 123. The van der Waals surface area contributed by atoms with Gasteiger partial charge in [-0.25, -0.2) is 4.79 Å². The summed E-state index contributed by atoms with van der Waals surface area (Å²) in [6, 6.07) is 2.97. The summed E-state index contributed by atoms with van der Waals surface area (Å²) in [4.78, 5) is 192. The molecule has 0 aliphatic heterocycles. The molecule has 0 unspecified atom stereocenters. The van der Waals surface area contributed by atoms with Gasteiger partial charge in [-0.15, -0.1) is 0 Å². The Kier molecular flexibility index (Phi) is 66.0. The van der Waals surface area contributed by atoms with Gasteiger partial charge in [-0.05, 0) is 126 Å². The normalized spacial score (nSPS) is 15.2. The zero-order chi connectivity index (χ0) is 102. The van der Waals surface area contributed by atoms with Gasteiger partial charge in [-0.3, -0.25) is 62.3 Å². The van der Waals surface area contributed by atoms with E-state index in [1.165, 1.54) is 0 Å². The van der Waals surface area contributed by atoms with Crippen LogP contribution in [-0.2, 0) is 108 Å². The Balaban J connectivity index is 2.18. The number of hydrogen-bond donors (Lipinski definition) is 28. The second-order valence-electron chi connectivity index (χ2n) is 33.9. The molecule has 0 fully saturated rings. The van der Waals surface area contributed by atoms with E-state index in [0.717, 1.165) is 0 Å². The van der Waals surface area contributed by atoms with Crippen LogP contribution in [0.2, 0.25) is 0 Å². The van der Waals surface area contributed by atoms with E-state index in [-0.39, 0.29) is 221 Å². The summed E-state index contributed by atoms with van der Waals surface area (Å²) in [5, 5.41) is 106. The minimum absolute atomic E-state index is 0.00254. The second-order valence-corrected chi connectivity index (χ2v) is 33.9. The number of aliphatic carboxylic acids is 1. The average Bonchev–Trinajstić information content (AvgIpc) is 0.838. The van der Waals surface area contributed by atoms with Crippen LogP contribution in [0.5, 0.6) is 0 Å². The lowest BCUT2D eigenvalue weighted by Gasteiger charge is -2.29. The molecule has 0 saturated heterocycles. The van der Waals surface area contributed by atoms with Crippen LogP contribution in [0.25, 0.3) is 0 Å². The summed E-state index contributed by atoms with van der Waals surface area (Å²) in [5.41, 5.74) is 47.0. The highest BCUT2D eigenvalue weighted by Gasteiger charge is 2.38. The van der Waals surface area contributed by atoms with E-state index in [9.17, 15) is 97.8 Å². The van der Waals surface area contributed by atoms with Crippen LogP contribution in [0.3, 0.4) is 0 Å². The molecule has 17 atom stereocenters. The number of carbonyl (C=O) groups excluding carboxylic acids is 13. The van der Waals surface area contributed by atoms with Crippen molar-refractivity contribution in [2.75, 3.05) is 145 Å². The van der Waals surface area contributed by atoms with Gasteiger partial charge in [0.15, 0.2) is 0 Å². The molecule has 13 amide bonds. The van der Waals surface area contributed by atoms with E-state index in [4.69, 9.17) is 79.4 Å². The smallest absolute Gasteiger partial charge is 0.329 e. The lowest BCUT2D eigenvalue weighted by Crippen LogP contribution is -2.61. The summed E-state index contributed by atoms with van der Waals surface area (Å²) in [5.74, 6) is -11.8. The number of aliphatic hydroxyl groups is 6. The number of nitrogens with one attached hydrogen (secondary N) is 13. The quantitative estimate of drug-likeness (QED) is 0.0274. The summed E-state index contributed by atoms with van der Waals surface area (Å²) in [6.45, 7) is 3.49. The molecule has 2 aromatic carbocycles. The summed E-state index contributed by atoms with van der Waals surface area (Å²) in [7, 11) is 0. The van der Waals surface area contributed by atoms with Crippen molar-refractivity contribution in [3.63, 3.8) is 0 Å². The van der Waals surface area contributed by atoms with Gasteiger partial charge in [-0.1, -0.05) is 94.8 Å². The van der Waals surface area contributed by atoms with Gasteiger partial charge in [0.05, 0.1) is 102 Å². The lowest BCUT2D eigenvalue weighted by molar-refractivity contribution is -0.143. The highest BCUT2D eigenvalue weighted by atomic mass is 16.5. The maximum absolute atomic E-state index is 14.9. The van der Waals surface area contributed by atoms with Crippen LogP contribution in [0.15, 0.2) is 60.7 Å². The van der Waals surface area contributed by atoms with E-state index < -0.39 is 212 Å². The van der Waals surface area contributed by atoms with Crippen molar-refractivity contribution >= 4 is 82.8 Å². The maximum atomic E-state index is 14.9. The molecule has 2 rings (SSSR count). The second kappa shape index (κ2) is 73.4. The molecule has 0 heterocycles. The van der Waals surface area contributed by atoms with Crippen molar-refractivity contribution in [1.29, 1.82) is 0 Å². The number of unbranched alkanes of at least 4 members (excludes halogenated alkanes) is 1. The molecular weight excluding hydrogens is 1800 g/mol. The molecule has 0 aromatic heterocycles. The fraction of sp³-hybridized carbons (Fsp3) is 0.708. The first-order valence-corrected chi connectivity index (χ1v) is 46.8. The molecule has 0 saturated carbocycles. The van der Waals surface area contributed by atoms with E-state index >= 15 is 0 Å². The Bertz CT molecular complexity index is 3810. The van der Waals surface area contributed by atoms with Crippen molar-refractivity contribution < 1.29 is 131 Å². The number of carboxylic acids is 1. The van der Waals surface area contributed by atoms with Crippen LogP contribution in [0.1, 0.15) is 142 Å². The average molecular weight is 1950 g/mol. The zero-order valence-electron chi connectivity index (χ0n) is 79.4. The van der Waals surface area contributed by atoms with Gasteiger partial charge >= 0.3 is 5.97 Å². The molecule has 2 aromatic rings. The number of rotatable bonds is 80. The first-order valence-electron chi connectivity index (χ1n) is 46.8. The van der Waals surface area contributed by atoms with E-state index in [1.807, 2.05) is 13.8 Å². The molecule has 36 N–H and O–H groups in total. The number of benzene rings is 2. The van der Waals surface area contributed by atoms with Crippen molar-refractivity contribution in [2.24, 2.45) is 57.7 Å². The van der Waals surface area contributed by atoms with Crippen LogP contribution in [0, 0.1) is 11.8 Å². The Labute approximate surface area is 800 Å². The van der Waals surface area contributed by atoms with Crippen molar-refractivity contribution in [3.05, 3.63) is 71.8 Å². The molecule has 137 heavy (non-hydrogen) atoms. The van der Waals surface area contributed by atoms with Crippen LogP contribution in [0.4, 0.5) is 0 Å². The fourth-order valence-electron chi connectivity index (χ4n) is 13.4. The number of carbonyl (C=O) groups is 14. The third-order valence-electron chi connectivity index (χ3n) is 21.4. The van der Waals surface area contributed by atoms with E-state index in [1.54, 1.807) is 74.5 Å². The number of amides is 13. The van der Waals surface area contributed by atoms with Gasteiger partial charge in [0.25, 0.3) is 0 Å². The zero-order valence-corrected chi connectivity index (χ0v) is 79.4. The predicted octanol–water partition coefficient (Wildman–Crippen LogP) is -9.39. The number of carboxylic acid groups (broad SMARTS) is 1. The molecule has 48 heteroatoms. The number of ether oxygens (including phenoxy) is 6. The molecule has 48 nitrogen and oxygen atoms in total. The highest BCUT2D eigenvalue weighted by molar-refractivity contribution is 5.98. The Hall–Kier alpha value is -9.78. The van der Waals surface area contributed by atoms with Gasteiger partial charge in [-0.2, -0.15) is 0 Å². The Morgan fingerprint density at radius 1 is 0.299 bits per heavy atom. The summed E-state index contributed by atoms with van der Waals surface area (Å²) in [6.07, 6.45) is -6.32. The van der Waals surface area contributed by atoms with Crippen molar-refractivity contribution in [1.82, 2.24) is 69.1 Å². The SMILES string of the molecule is CC(C)C[C@H](NC(=O)[C@@H](N)CCCCN)C(=O)N[C@H](C(=O)N[C@@H](Cc1ccccc1)C(=O)N[C@@H](Cc1ccccc1)C(=O)N[C@@H](CC[C@@H](O)CN)C(=O)N[C@@H](CC[C@@H](O)CN)C(=O)NCCOCCOCC(=O)N[C@@H](CC[C@@H](O)CN)C(=O)N[C@@H](CC[C@@H](O)CN)C(=O)NCCOCCOCC(=O)N[C@@H](CC[C@@H](O)CN)C(=O)N[C@@H](CC[C@@H](O)CN)C(=O)NCCOCCOCC(=O)O)C(C)C.